The van der Waals surface area contributed by atoms with E-state index < -0.39 is 6.43 Å². The first-order valence-corrected chi connectivity index (χ1v) is 3.81. The van der Waals surface area contributed by atoms with Crippen LogP contribution >= 0.6 is 0 Å². The summed E-state index contributed by atoms with van der Waals surface area (Å²) in [5.41, 5.74) is 6.50. The maximum atomic E-state index is 12.3. The minimum atomic E-state index is -2.43. The van der Waals surface area contributed by atoms with Crippen molar-refractivity contribution >= 4 is 5.69 Å². The molecule has 0 aliphatic heterocycles. The van der Waals surface area contributed by atoms with Crippen molar-refractivity contribution in [1.82, 2.24) is 0 Å². The average Bonchev–Trinajstić information content (AvgIpc) is 2.04. The van der Waals surface area contributed by atoms with E-state index in [1.807, 2.05) is 6.92 Å². The molecule has 0 fully saturated rings. The van der Waals surface area contributed by atoms with Crippen molar-refractivity contribution in [2.45, 2.75) is 19.8 Å². The Hall–Kier alpha value is -1.12. The maximum absolute atomic E-state index is 12.3. The fraction of sp³-hybridized carbons (Fsp3) is 0.333. The summed E-state index contributed by atoms with van der Waals surface area (Å²) in [6.07, 6.45) is -1.82. The minimum Gasteiger partial charge on any atom is -0.399 e. The Morgan fingerprint density at radius 1 is 1.42 bits per heavy atom. The van der Waals surface area contributed by atoms with Gasteiger partial charge in [-0.25, -0.2) is 8.78 Å². The predicted molar refractivity (Wildman–Crippen MR) is 45.2 cm³/mol. The summed E-state index contributed by atoms with van der Waals surface area (Å²) < 4.78 is 24.7. The molecule has 0 amide bonds. The maximum Gasteiger partial charge on any atom is 0.264 e. The van der Waals surface area contributed by atoms with E-state index in [1.54, 1.807) is 12.1 Å². The molecular weight excluding hydrogens is 160 g/mol. The molecule has 0 saturated carbocycles. The van der Waals surface area contributed by atoms with Crippen molar-refractivity contribution in [3.63, 3.8) is 0 Å². The van der Waals surface area contributed by atoms with Crippen LogP contribution in [0.5, 0.6) is 0 Å². The van der Waals surface area contributed by atoms with Gasteiger partial charge in [0.25, 0.3) is 6.43 Å². The monoisotopic (exact) mass is 171 g/mol. The molecule has 0 aromatic heterocycles. The van der Waals surface area contributed by atoms with E-state index in [2.05, 4.69) is 0 Å². The van der Waals surface area contributed by atoms with Crippen LogP contribution in [0, 0.1) is 0 Å². The van der Waals surface area contributed by atoms with Crippen LogP contribution in [0.4, 0.5) is 14.5 Å². The smallest absolute Gasteiger partial charge is 0.264 e. The van der Waals surface area contributed by atoms with Crippen molar-refractivity contribution in [2.24, 2.45) is 0 Å². The first-order chi connectivity index (χ1) is 5.65. The lowest BCUT2D eigenvalue weighted by molar-refractivity contribution is 0.150. The summed E-state index contributed by atoms with van der Waals surface area (Å²) in [6.45, 7) is 1.84. The third-order valence-corrected chi connectivity index (χ3v) is 1.79. The molecule has 0 radical (unpaired) electrons. The molecule has 66 valence electrons. The van der Waals surface area contributed by atoms with Crippen LogP contribution in [-0.4, -0.2) is 0 Å². The van der Waals surface area contributed by atoms with Crippen molar-refractivity contribution in [3.05, 3.63) is 29.3 Å². The van der Waals surface area contributed by atoms with Crippen LogP contribution in [0.1, 0.15) is 24.5 Å². The second kappa shape index (κ2) is 3.52. The van der Waals surface area contributed by atoms with Gasteiger partial charge in [0.2, 0.25) is 0 Å². The third-order valence-electron chi connectivity index (χ3n) is 1.79. The summed E-state index contributed by atoms with van der Waals surface area (Å²) in [5.74, 6) is 0. The number of benzene rings is 1. The number of aryl methyl sites for hydroxylation is 1. The van der Waals surface area contributed by atoms with Gasteiger partial charge in [0.05, 0.1) is 0 Å². The predicted octanol–water partition coefficient (Wildman–Crippen LogP) is 2.77. The van der Waals surface area contributed by atoms with Gasteiger partial charge in [0.15, 0.2) is 0 Å². The van der Waals surface area contributed by atoms with Gasteiger partial charge in [-0.15, -0.1) is 0 Å². The zero-order valence-corrected chi connectivity index (χ0v) is 6.85. The van der Waals surface area contributed by atoms with Gasteiger partial charge >= 0.3 is 0 Å². The first kappa shape index (κ1) is 8.97. The summed E-state index contributed by atoms with van der Waals surface area (Å²) in [6, 6.07) is 4.63. The number of anilines is 1. The van der Waals surface area contributed by atoms with E-state index in [-0.39, 0.29) is 5.56 Å². The quantitative estimate of drug-likeness (QED) is 0.680. The van der Waals surface area contributed by atoms with Crippen molar-refractivity contribution in [3.8, 4) is 0 Å². The molecule has 3 heteroatoms. The number of nitrogens with two attached hydrogens (primary N) is 1. The molecule has 0 aliphatic rings. The van der Waals surface area contributed by atoms with Crippen LogP contribution in [0.2, 0.25) is 0 Å². The Kier molecular flexibility index (Phi) is 2.63. The van der Waals surface area contributed by atoms with Gasteiger partial charge in [-0.2, -0.15) is 0 Å². The number of rotatable bonds is 2. The molecule has 0 bridgehead atoms. The molecule has 0 atom stereocenters. The molecule has 1 nitrogen and oxygen atoms in total. The van der Waals surface area contributed by atoms with Crippen LogP contribution in [-0.2, 0) is 6.42 Å². The Morgan fingerprint density at radius 2 is 2.08 bits per heavy atom. The zero-order chi connectivity index (χ0) is 9.14. The number of hydrogen-bond acceptors (Lipinski definition) is 1. The van der Waals surface area contributed by atoms with Gasteiger partial charge in [0.1, 0.15) is 0 Å². The molecule has 0 saturated heterocycles. The Morgan fingerprint density at radius 3 is 2.58 bits per heavy atom. The lowest BCUT2D eigenvalue weighted by Gasteiger charge is -2.06. The Bertz CT molecular complexity index is 271. The lowest BCUT2D eigenvalue weighted by Crippen LogP contribution is -1.95. The fourth-order valence-electron chi connectivity index (χ4n) is 1.14. The molecule has 0 unspecified atom stereocenters. The Labute approximate surface area is 70.2 Å². The van der Waals surface area contributed by atoms with Crippen LogP contribution in [0.3, 0.4) is 0 Å². The average molecular weight is 171 g/mol. The Balaban J connectivity index is 3.12. The standard InChI is InChI=1S/C9H11F2N/c1-2-6-3-4-7(12)5-8(6)9(10)11/h3-5,9H,2,12H2,1H3. The summed E-state index contributed by atoms with van der Waals surface area (Å²) >= 11 is 0. The summed E-state index contributed by atoms with van der Waals surface area (Å²) in [7, 11) is 0. The van der Waals surface area contributed by atoms with Gasteiger partial charge in [0, 0.05) is 11.3 Å². The van der Waals surface area contributed by atoms with Crippen molar-refractivity contribution in [1.29, 1.82) is 0 Å². The van der Waals surface area contributed by atoms with Gasteiger partial charge in [-0.05, 0) is 24.1 Å². The summed E-state index contributed by atoms with van der Waals surface area (Å²) in [5, 5.41) is 0. The highest BCUT2D eigenvalue weighted by molar-refractivity contribution is 5.45. The molecular formula is C9H11F2N. The van der Waals surface area contributed by atoms with E-state index in [1.165, 1.54) is 6.07 Å². The number of nitrogen functional groups attached to an aromatic ring is 1. The molecule has 1 aromatic carbocycles. The normalized spacial score (nSPS) is 10.7. The molecule has 0 aliphatic carbocycles. The molecule has 12 heavy (non-hydrogen) atoms. The zero-order valence-electron chi connectivity index (χ0n) is 6.85. The second-order valence-corrected chi connectivity index (χ2v) is 2.61. The molecule has 1 aromatic rings. The van der Waals surface area contributed by atoms with E-state index in [0.717, 1.165) is 0 Å². The van der Waals surface area contributed by atoms with E-state index in [9.17, 15) is 8.78 Å². The highest BCUT2D eigenvalue weighted by atomic mass is 19.3. The lowest BCUT2D eigenvalue weighted by atomic mass is 10.1. The number of alkyl halides is 2. The number of halogens is 2. The number of hydrogen-bond donors (Lipinski definition) is 1. The fourth-order valence-corrected chi connectivity index (χ4v) is 1.14. The van der Waals surface area contributed by atoms with Gasteiger partial charge in [-0.1, -0.05) is 13.0 Å². The SMILES string of the molecule is CCc1ccc(N)cc1C(F)F. The van der Waals surface area contributed by atoms with Gasteiger partial charge < -0.3 is 5.73 Å². The summed E-state index contributed by atoms with van der Waals surface area (Å²) in [4.78, 5) is 0. The molecule has 1 rings (SSSR count). The van der Waals surface area contributed by atoms with Crippen LogP contribution < -0.4 is 5.73 Å². The molecule has 0 spiro atoms. The van der Waals surface area contributed by atoms with Crippen molar-refractivity contribution < 1.29 is 8.78 Å². The topological polar surface area (TPSA) is 26.0 Å². The molecule has 0 heterocycles. The van der Waals surface area contributed by atoms with Gasteiger partial charge in [-0.3, -0.25) is 0 Å². The van der Waals surface area contributed by atoms with E-state index in [0.29, 0.717) is 17.7 Å². The van der Waals surface area contributed by atoms with E-state index >= 15 is 0 Å². The van der Waals surface area contributed by atoms with Crippen LogP contribution in [0.15, 0.2) is 18.2 Å². The van der Waals surface area contributed by atoms with E-state index in [4.69, 9.17) is 5.73 Å². The second-order valence-electron chi connectivity index (χ2n) is 2.61. The molecule has 2 N–H and O–H groups in total. The highest BCUT2D eigenvalue weighted by Gasteiger charge is 2.11. The highest BCUT2D eigenvalue weighted by Crippen LogP contribution is 2.25. The minimum absolute atomic E-state index is 0.0532. The first-order valence-electron chi connectivity index (χ1n) is 3.81. The van der Waals surface area contributed by atoms with Crippen molar-refractivity contribution in [2.75, 3.05) is 5.73 Å². The largest absolute Gasteiger partial charge is 0.399 e. The third kappa shape index (κ3) is 1.72. The van der Waals surface area contributed by atoms with Crippen LogP contribution in [0.25, 0.3) is 0 Å².